The van der Waals surface area contributed by atoms with Crippen LogP contribution in [0.3, 0.4) is 0 Å². The minimum absolute atomic E-state index is 0.0743. The molecule has 0 fully saturated rings. The van der Waals surface area contributed by atoms with E-state index in [1.165, 1.54) is 29.2 Å². The van der Waals surface area contributed by atoms with Gasteiger partial charge < -0.3 is 4.90 Å². The number of aromatic nitrogens is 1. The standard InChI is InChI=1S/C13H14ClN3O3S2/c1-8-11(12(18)17(2)3)21-13(15-8)16-22(19,20)10-6-4-9(14)5-7-10/h4-7H,1-3H3,(H,15,16). The Bertz CT molecular complexity index is 798. The lowest BCUT2D eigenvalue weighted by molar-refractivity contribution is 0.0831. The summed E-state index contributed by atoms with van der Waals surface area (Å²) < 4.78 is 26.9. The van der Waals surface area contributed by atoms with Gasteiger partial charge in [0, 0.05) is 19.1 Å². The number of rotatable bonds is 4. The zero-order valence-corrected chi connectivity index (χ0v) is 14.5. The molecule has 1 aromatic carbocycles. The Kier molecular flexibility index (Phi) is 4.74. The minimum Gasteiger partial charge on any atom is -0.344 e. The highest BCUT2D eigenvalue weighted by molar-refractivity contribution is 7.93. The van der Waals surface area contributed by atoms with Crippen molar-refractivity contribution in [1.29, 1.82) is 0 Å². The van der Waals surface area contributed by atoms with Crippen molar-refractivity contribution >= 4 is 44.0 Å². The van der Waals surface area contributed by atoms with Gasteiger partial charge >= 0.3 is 0 Å². The summed E-state index contributed by atoms with van der Waals surface area (Å²) in [7, 11) is -0.517. The number of nitrogens with zero attached hydrogens (tertiary/aromatic N) is 2. The van der Waals surface area contributed by atoms with Gasteiger partial charge in [0.25, 0.3) is 15.9 Å². The first kappa shape index (κ1) is 16.7. The van der Waals surface area contributed by atoms with Crippen molar-refractivity contribution in [2.75, 3.05) is 18.8 Å². The molecule has 1 N–H and O–H groups in total. The third kappa shape index (κ3) is 3.57. The summed E-state index contributed by atoms with van der Waals surface area (Å²) in [5.74, 6) is -0.216. The van der Waals surface area contributed by atoms with Crippen LogP contribution in [0.25, 0.3) is 0 Å². The molecule has 0 spiro atoms. The molecule has 0 unspecified atom stereocenters. The molecule has 0 aliphatic rings. The second-order valence-corrected chi connectivity index (χ2v) is 7.81. The van der Waals surface area contributed by atoms with Gasteiger partial charge in [0.2, 0.25) is 0 Å². The number of aryl methyl sites for hydroxylation is 1. The first-order chi connectivity index (χ1) is 10.2. The van der Waals surface area contributed by atoms with E-state index in [1.54, 1.807) is 21.0 Å². The van der Waals surface area contributed by atoms with Gasteiger partial charge in [-0.15, -0.1) is 0 Å². The third-order valence-electron chi connectivity index (χ3n) is 2.74. The topological polar surface area (TPSA) is 79.4 Å². The lowest BCUT2D eigenvalue weighted by Crippen LogP contribution is -2.21. The molecule has 0 aliphatic carbocycles. The lowest BCUT2D eigenvalue weighted by Gasteiger charge is -2.07. The number of benzene rings is 1. The van der Waals surface area contributed by atoms with Gasteiger partial charge in [0.15, 0.2) is 5.13 Å². The average Bonchev–Trinajstić information content (AvgIpc) is 2.78. The van der Waals surface area contributed by atoms with Crippen molar-refractivity contribution in [1.82, 2.24) is 9.88 Å². The number of anilines is 1. The molecule has 1 heterocycles. The SMILES string of the molecule is Cc1nc(NS(=O)(=O)c2ccc(Cl)cc2)sc1C(=O)N(C)C. The summed E-state index contributed by atoms with van der Waals surface area (Å²) >= 11 is 6.74. The predicted octanol–water partition coefficient (Wildman–Crippen LogP) is 2.61. The van der Waals surface area contributed by atoms with Crippen LogP contribution in [0.5, 0.6) is 0 Å². The molecule has 6 nitrogen and oxygen atoms in total. The van der Waals surface area contributed by atoms with Gasteiger partial charge in [-0.2, -0.15) is 0 Å². The summed E-state index contributed by atoms with van der Waals surface area (Å²) in [6.07, 6.45) is 0. The van der Waals surface area contributed by atoms with Crippen molar-refractivity contribution in [3.05, 3.63) is 39.9 Å². The third-order valence-corrected chi connectivity index (χ3v) is 5.54. The number of amides is 1. The van der Waals surface area contributed by atoms with E-state index in [4.69, 9.17) is 11.6 Å². The predicted molar refractivity (Wildman–Crippen MR) is 87.1 cm³/mol. The summed E-state index contributed by atoms with van der Waals surface area (Å²) in [6.45, 7) is 1.66. The van der Waals surface area contributed by atoms with Crippen molar-refractivity contribution < 1.29 is 13.2 Å². The first-order valence-electron chi connectivity index (χ1n) is 6.18. The lowest BCUT2D eigenvalue weighted by atomic mass is 10.3. The maximum Gasteiger partial charge on any atom is 0.265 e. The van der Waals surface area contributed by atoms with Crippen LogP contribution in [-0.2, 0) is 10.0 Å². The van der Waals surface area contributed by atoms with Crippen molar-refractivity contribution in [2.45, 2.75) is 11.8 Å². The number of carbonyl (C=O) groups is 1. The zero-order valence-electron chi connectivity index (χ0n) is 12.1. The molecular weight excluding hydrogens is 346 g/mol. The fourth-order valence-electron chi connectivity index (χ4n) is 1.63. The molecule has 0 atom stereocenters. The molecule has 0 aliphatic heterocycles. The molecule has 0 saturated carbocycles. The van der Waals surface area contributed by atoms with Crippen LogP contribution < -0.4 is 4.72 Å². The van der Waals surface area contributed by atoms with Crippen LogP contribution in [0.4, 0.5) is 5.13 Å². The van der Waals surface area contributed by atoms with Crippen molar-refractivity contribution in [2.24, 2.45) is 0 Å². The summed E-state index contributed by atoms with van der Waals surface area (Å²) in [5.41, 5.74) is 0.484. The highest BCUT2D eigenvalue weighted by atomic mass is 35.5. The van der Waals surface area contributed by atoms with Gasteiger partial charge in [-0.25, -0.2) is 13.4 Å². The van der Waals surface area contributed by atoms with Crippen LogP contribution in [0.15, 0.2) is 29.2 Å². The summed E-state index contributed by atoms with van der Waals surface area (Å²) in [6, 6.07) is 5.78. The van der Waals surface area contributed by atoms with Gasteiger partial charge in [-0.3, -0.25) is 9.52 Å². The second kappa shape index (κ2) is 6.23. The number of hydrogen-bond acceptors (Lipinski definition) is 5. The van der Waals surface area contributed by atoms with Crippen LogP contribution >= 0.6 is 22.9 Å². The second-order valence-electron chi connectivity index (χ2n) is 4.69. The number of hydrogen-bond donors (Lipinski definition) is 1. The highest BCUT2D eigenvalue weighted by Gasteiger charge is 2.21. The molecule has 1 amide bonds. The van der Waals surface area contributed by atoms with Gasteiger partial charge in [-0.05, 0) is 31.2 Å². The van der Waals surface area contributed by atoms with E-state index in [-0.39, 0.29) is 15.9 Å². The Balaban J connectivity index is 2.29. The Morgan fingerprint density at radius 3 is 2.41 bits per heavy atom. The number of sulfonamides is 1. The van der Waals surface area contributed by atoms with Gasteiger partial charge in [-0.1, -0.05) is 22.9 Å². The fraction of sp³-hybridized carbons (Fsp3) is 0.231. The van der Waals surface area contributed by atoms with Crippen LogP contribution in [-0.4, -0.2) is 38.3 Å². The summed E-state index contributed by atoms with van der Waals surface area (Å²) in [4.78, 5) is 17.9. The molecule has 0 radical (unpaired) electrons. The number of halogens is 1. The van der Waals surface area contributed by atoms with E-state index in [0.717, 1.165) is 11.3 Å². The normalized spacial score (nSPS) is 11.3. The van der Waals surface area contributed by atoms with Crippen molar-refractivity contribution in [3.8, 4) is 0 Å². The van der Waals surface area contributed by atoms with E-state index >= 15 is 0 Å². The molecular formula is C13H14ClN3O3S2. The smallest absolute Gasteiger partial charge is 0.265 e. The number of thiazole rings is 1. The Labute approximate surface area is 137 Å². The van der Waals surface area contributed by atoms with Crippen LogP contribution in [0.1, 0.15) is 15.4 Å². The monoisotopic (exact) mass is 359 g/mol. The van der Waals surface area contributed by atoms with E-state index in [9.17, 15) is 13.2 Å². The largest absolute Gasteiger partial charge is 0.344 e. The Morgan fingerprint density at radius 1 is 1.27 bits per heavy atom. The molecule has 2 aromatic rings. The molecule has 9 heteroatoms. The van der Waals surface area contributed by atoms with Crippen LogP contribution in [0.2, 0.25) is 5.02 Å². The average molecular weight is 360 g/mol. The van der Waals surface area contributed by atoms with E-state index in [1.807, 2.05) is 0 Å². The number of carbonyl (C=O) groups excluding carboxylic acids is 1. The van der Waals surface area contributed by atoms with Gasteiger partial charge in [0.05, 0.1) is 10.6 Å². The Morgan fingerprint density at radius 2 is 1.86 bits per heavy atom. The Hall–Kier alpha value is -1.64. The zero-order chi connectivity index (χ0) is 16.5. The molecule has 0 saturated heterocycles. The fourth-order valence-corrected chi connectivity index (χ4v) is 3.98. The first-order valence-corrected chi connectivity index (χ1v) is 8.86. The molecule has 118 valence electrons. The summed E-state index contributed by atoms with van der Waals surface area (Å²) in [5, 5.41) is 0.598. The van der Waals surface area contributed by atoms with E-state index < -0.39 is 10.0 Å². The molecule has 0 bridgehead atoms. The molecule has 2 rings (SSSR count). The molecule has 22 heavy (non-hydrogen) atoms. The maximum atomic E-state index is 12.3. The van der Waals surface area contributed by atoms with E-state index in [2.05, 4.69) is 9.71 Å². The van der Waals surface area contributed by atoms with Crippen LogP contribution in [0, 0.1) is 6.92 Å². The highest BCUT2D eigenvalue weighted by Crippen LogP contribution is 2.26. The minimum atomic E-state index is -3.77. The quantitative estimate of drug-likeness (QED) is 0.910. The van der Waals surface area contributed by atoms with Crippen molar-refractivity contribution in [3.63, 3.8) is 0 Å². The number of nitrogens with one attached hydrogen (secondary N) is 1. The van der Waals surface area contributed by atoms with Gasteiger partial charge in [0.1, 0.15) is 4.88 Å². The molecule has 1 aromatic heterocycles. The van der Waals surface area contributed by atoms with E-state index in [0.29, 0.717) is 15.6 Å². The maximum absolute atomic E-state index is 12.3.